The van der Waals surface area contributed by atoms with E-state index in [2.05, 4.69) is 18.7 Å². The average Bonchev–Trinajstić information content (AvgIpc) is 2.18. The van der Waals surface area contributed by atoms with Gasteiger partial charge in [0.25, 0.3) is 0 Å². The largest absolute Gasteiger partial charge is 0.330 e. The van der Waals surface area contributed by atoms with Gasteiger partial charge < -0.3 is 10.6 Å². The van der Waals surface area contributed by atoms with Crippen LogP contribution in [-0.2, 0) is 0 Å². The highest BCUT2D eigenvalue weighted by Gasteiger charge is 2.20. The van der Waals surface area contributed by atoms with Gasteiger partial charge in [-0.05, 0) is 50.6 Å². The molecule has 90 valence electrons. The average molecular weight is 212 g/mol. The van der Waals surface area contributed by atoms with Gasteiger partial charge in [-0.1, -0.05) is 20.3 Å². The van der Waals surface area contributed by atoms with Gasteiger partial charge >= 0.3 is 0 Å². The Morgan fingerprint density at radius 1 is 1.40 bits per heavy atom. The van der Waals surface area contributed by atoms with E-state index in [0.717, 1.165) is 18.4 Å². The molecule has 0 aromatic carbocycles. The first-order chi connectivity index (χ1) is 7.26. The van der Waals surface area contributed by atoms with Crippen LogP contribution in [0, 0.1) is 11.8 Å². The lowest BCUT2D eigenvalue weighted by atomic mass is 9.85. The summed E-state index contributed by atoms with van der Waals surface area (Å²) in [5.41, 5.74) is 5.54. The Kier molecular flexibility index (Phi) is 6.26. The van der Waals surface area contributed by atoms with Crippen LogP contribution in [0.2, 0.25) is 0 Å². The van der Waals surface area contributed by atoms with Crippen molar-refractivity contribution in [1.29, 1.82) is 0 Å². The van der Waals surface area contributed by atoms with Crippen LogP contribution in [0.25, 0.3) is 0 Å². The summed E-state index contributed by atoms with van der Waals surface area (Å²) in [4.78, 5) is 2.63. The van der Waals surface area contributed by atoms with Crippen molar-refractivity contribution in [1.82, 2.24) is 4.90 Å². The minimum absolute atomic E-state index is 0.813. The topological polar surface area (TPSA) is 29.3 Å². The summed E-state index contributed by atoms with van der Waals surface area (Å²) < 4.78 is 0. The van der Waals surface area contributed by atoms with Crippen LogP contribution in [0.1, 0.15) is 46.0 Å². The molecule has 2 heteroatoms. The Balaban J connectivity index is 2.13. The van der Waals surface area contributed by atoms with Crippen LogP contribution in [0.4, 0.5) is 0 Å². The van der Waals surface area contributed by atoms with Gasteiger partial charge in [0.05, 0.1) is 0 Å². The molecule has 15 heavy (non-hydrogen) atoms. The summed E-state index contributed by atoms with van der Waals surface area (Å²) in [5, 5.41) is 0. The summed E-state index contributed by atoms with van der Waals surface area (Å²) >= 11 is 0. The van der Waals surface area contributed by atoms with Crippen molar-refractivity contribution in [2.24, 2.45) is 17.6 Å². The van der Waals surface area contributed by atoms with Gasteiger partial charge in [0, 0.05) is 13.1 Å². The van der Waals surface area contributed by atoms with E-state index in [1.807, 2.05) is 0 Å². The number of hydrogen-bond donors (Lipinski definition) is 1. The van der Waals surface area contributed by atoms with Gasteiger partial charge in [0.15, 0.2) is 0 Å². The molecule has 1 atom stereocenters. The standard InChI is InChI=1S/C13H28N2/c1-3-15(11-13-7-4-8-13)10-12(2)6-5-9-14/h12-13H,3-11,14H2,1-2H3. The first kappa shape index (κ1) is 13.0. The van der Waals surface area contributed by atoms with Gasteiger partial charge in [0.1, 0.15) is 0 Å². The fourth-order valence-electron chi connectivity index (χ4n) is 2.37. The molecule has 0 amide bonds. The van der Waals surface area contributed by atoms with Crippen molar-refractivity contribution in [2.75, 3.05) is 26.2 Å². The molecular weight excluding hydrogens is 184 g/mol. The maximum Gasteiger partial charge on any atom is 0.000965 e. The van der Waals surface area contributed by atoms with E-state index in [-0.39, 0.29) is 0 Å². The smallest absolute Gasteiger partial charge is 0.000965 e. The molecular formula is C13H28N2. The van der Waals surface area contributed by atoms with Crippen molar-refractivity contribution in [2.45, 2.75) is 46.0 Å². The Bertz CT molecular complexity index is 155. The molecule has 0 bridgehead atoms. The highest BCUT2D eigenvalue weighted by molar-refractivity contribution is 4.74. The second-order valence-electron chi connectivity index (χ2n) is 5.19. The van der Waals surface area contributed by atoms with Crippen molar-refractivity contribution in [3.8, 4) is 0 Å². The molecule has 0 aliphatic heterocycles. The van der Waals surface area contributed by atoms with Crippen molar-refractivity contribution >= 4 is 0 Å². The van der Waals surface area contributed by atoms with Crippen molar-refractivity contribution < 1.29 is 0 Å². The summed E-state index contributed by atoms with van der Waals surface area (Å²) in [7, 11) is 0. The lowest BCUT2D eigenvalue weighted by Crippen LogP contribution is -2.35. The Morgan fingerprint density at radius 2 is 2.13 bits per heavy atom. The number of nitrogens with two attached hydrogens (primary N) is 1. The molecule has 1 saturated carbocycles. The first-order valence-electron chi connectivity index (χ1n) is 6.68. The highest BCUT2D eigenvalue weighted by Crippen LogP contribution is 2.27. The maximum atomic E-state index is 5.54. The molecule has 1 fully saturated rings. The Morgan fingerprint density at radius 3 is 2.60 bits per heavy atom. The Labute approximate surface area is 95.2 Å². The molecule has 2 nitrogen and oxygen atoms in total. The van der Waals surface area contributed by atoms with Crippen LogP contribution >= 0.6 is 0 Å². The molecule has 0 aromatic rings. The van der Waals surface area contributed by atoms with Crippen LogP contribution in [-0.4, -0.2) is 31.1 Å². The third-order valence-electron chi connectivity index (χ3n) is 3.66. The monoisotopic (exact) mass is 212 g/mol. The van der Waals surface area contributed by atoms with E-state index in [1.54, 1.807) is 0 Å². The van der Waals surface area contributed by atoms with E-state index < -0.39 is 0 Å². The van der Waals surface area contributed by atoms with Gasteiger partial charge in [-0.25, -0.2) is 0 Å². The van der Waals surface area contributed by atoms with Gasteiger partial charge in [-0.15, -0.1) is 0 Å². The fraction of sp³-hybridized carbons (Fsp3) is 1.00. The maximum absolute atomic E-state index is 5.54. The zero-order chi connectivity index (χ0) is 11.1. The SMILES string of the molecule is CCN(CC(C)CCCN)CC1CCC1. The van der Waals surface area contributed by atoms with E-state index in [0.29, 0.717) is 0 Å². The van der Waals surface area contributed by atoms with Crippen LogP contribution in [0.3, 0.4) is 0 Å². The molecule has 0 spiro atoms. The predicted molar refractivity (Wildman–Crippen MR) is 66.9 cm³/mol. The third kappa shape index (κ3) is 4.98. The molecule has 1 unspecified atom stereocenters. The van der Waals surface area contributed by atoms with E-state index in [9.17, 15) is 0 Å². The molecule has 1 aliphatic rings. The van der Waals surface area contributed by atoms with Gasteiger partial charge in [-0.3, -0.25) is 0 Å². The highest BCUT2D eigenvalue weighted by atomic mass is 15.1. The third-order valence-corrected chi connectivity index (χ3v) is 3.66. The second-order valence-corrected chi connectivity index (χ2v) is 5.19. The number of rotatable bonds is 8. The summed E-state index contributed by atoms with van der Waals surface area (Å²) in [5.74, 6) is 1.82. The van der Waals surface area contributed by atoms with Crippen LogP contribution < -0.4 is 5.73 Å². The van der Waals surface area contributed by atoms with Crippen LogP contribution in [0.5, 0.6) is 0 Å². The normalized spacial score (nSPS) is 19.2. The van der Waals surface area contributed by atoms with E-state index in [1.165, 1.54) is 51.7 Å². The number of hydrogen-bond acceptors (Lipinski definition) is 2. The van der Waals surface area contributed by atoms with E-state index >= 15 is 0 Å². The van der Waals surface area contributed by atoms with Gasteiger partial charge in [0.2, 0.25) is 0 Å². The van der Waals surface area contributed by atoms with Crippen molar-refractivity contribution in [3.05, 3.63) is 0 Å². The second kappa shape index (κ2) is 7.24. The minimum Gasteiger partial charge on any atom is -0.330 e. The molecule has 2 N–H and O–H groups in total. The summed E-state index contributed by atoms with van der Waals surface area (Å²) in [6, 6.07) is 0. The quantitative estimate of drug-likeness (QED) is 0.670. The molecule has 0 heterocycles. The summed E-state index contributed by atoms with van der Waals surface area (Å²) in [6.07, 6.45) is 6.87. The number of nitrogens with zero attached hydrogens (tertiary/aromatic N) is 1. The molecule has 1 aliphatic carbocycles. The molecule has 0 saturated heterocycles. The molecule has 0 aromatic heterocycles. The zero-order valence-corrected chi connectivity index (χ0v) is 10.5. The lowest BCUT2D eigenvalue weighted by Gasteiger charge is -2.33. The van der Waals surface area contributed by atoms with Crippen molar-refractivity contribution in [3.63, 3.8) is 0 Å². The van der Waals surface area contributed by atoms with Crippen LogP contribution in [0.15, 0.2) is 0 Å². The van der Waals surface area contributed by atoms with Gasteiger partial charge in [-0.2, -0.15) is 0 Å². The first-order valence-corrected chi connectivity index (χ1v) is 6.68. The Hall–Kier alpha value is -0.0800. The zero-order valence-electron chi connectivity index (χ0n) is 10.5. The predicted octanol–water partition coefficient (Wildman–Crippen LogP) is 2.48. The fourth-order valence-corrected chi connectivity index (χ4v) is 2.37. The summed E-state index contributed by atoms with van der Waals surface area (Å²) in [6.45, 7) is 9.31. The molecule has 1 rings (SSSR count). The molecule has 0 radical (unpaired) electrons. The minimum atomic E-state index is 0.813. The van der Waals surface area contributed by atoms with E-state index in [4.69, 9.17) is 5.73 Å². The lowest BCUT2D eigenvalue weighted by molar-refractivity contribution is 0.164.